The van der Waals surface area contributed by atoms with Gasteiger partial charge in [-0.25, -0.2) is 5.43 Å². The summed E-state index contributed by atoms with van der Waals surface area (Å²) < 4.78 is 11.6. The molecule has 0 spiro atoms. The van der Waals surface area contributed by atoms with E-state index in [-0.39, 0.29) is 24.6 Å². The third-order valence-corrected chi connectivity index (χ3v) is 11.6. The summed E-state index contributed by atoms with van der Waals surface area (Å²) in [7, 11) is 0. The van der Waals surface area contributed by atoms with Crippen LogP contribution in [0.1, 0.15) is 284 Å². The lowest BCUT2D eigenvalue weighted by molar-refractivity contribution is -0.159. The first kappa shape index (κ1) is 54.8. The lowest BCUT2D eigenvalue weighted by atomic mass is 10.0. The van der Waals surface area contributed by atoms with Gasteiger partial charge < -0.3 is 9.47 Å². The van der Waals surface area contributed by atoms with Crippen molar-refractivity contribution in [1.82, 2.24) is 11.0 Å². The summed E-state index contributed by atoms with van der Waals surface area (Å²) in [5.74, 6) is 4.95. The van der Waals surface area contributed by atoms with Gasteiger partial charge in [0, 0.05) is 19.4 Å². The lowest BCUT2D eigenvalue weighted by Gasteiger charge is -2.18. The molecule has 334 valence electrons. The third-order valence-electron chi connectivity index (χ3n) is 11.6. The third kappa shape index (κ3) is 45.5. The maximum atomic E-state index is 12.7. The molecule has 0 aromatic heterocycles. The molecule has 56 heavy (non-hydrogen) atoms. The Morgan fingerprint density at radius 3 is 1.07 bits per heavy atom. The number of esters is 2. The van der Waals surface area contributed by atoms with Gasteiger partial charge in [-0.05, 0) is 32.1 Å². The van der Waals surface area contributed by atoms with Gasteiger partial charge >= 0.3 is 11.9 Å². The summed E-state index contributed by atoms with van der Waals surface area (Å²) in [6.45, 7) is 5.69. The number of carbonyl (C=O) groups is 2. The van der Waals surface area contributed by atoms with Gasteiger partial charge in [-0.2, -0.15) is 5.53 Å². The highest BCUT2D eigenvalue weighted by Crippen LogP contribution is 2.18. The zero-order valence-electron chi connectivity index (χ0n) is 37.9. The Kier molecular flexibility index (Phi) is 47.2. The standard InChI is InChI=1S/C49H99N3O4/c1-3-5-7-9-11-26-31-35-39-43-48(53)55-46-47(56-49(54)44-40-36-32-27-12-10-8-6-4-2)42-38-34-30-28-24-22-20-18-16-14-13-15-17-19-21-23-25-29-33-37-41-45-51-52-50/h47,51-52H,3-46,50H2,1-2H3. The van der Waals surface area contributed by atoms with Gasteiger partial charge in [0.05, 0.1) is 0 Å². The van der Waals surface area contributed by atoms with E-state index in [1.165, 1.54) is 212 Å². The normalized spacial score (nSPS) is 12.0. The van der Waals surface area contributed by atoms with E-state index in [2.05, 4.69) is 24.8 Å². The highest BCUT2D eigenvalue weighted by atomic mass is 16.6. The van der Waals surface area contributed by atoms with Gasteiger partial charge in [0.15, 0.2) is 0 Å². The Morgan fingerprint density at radius 2 is 0.714 bits per heavy atom. The Hall–Kier alpha value is -1.18. The smallest absolute Gasteiger partial charge is 0.306 e. The van der Waals surface area contributed by atoms with E-state index >= 15 is 0 Å². The van der Waals surface area contributed by atoms with Gasteiger partial charge in [-0.15, -0.1) is 0 Å². The quantitative estimate of drug-likeness (QED) is 0.0244. The number of unbranched alkanes of at least 4 members (excludes halogenated alkanes) is 36. The molecular weight excluding hydrogens is 695 g/mol. The summed E-state index contributed by atoms with van der Waals surface area (Å²) in [6, 6.07) is 0. The predicted octanol–water partition coefficient (Wildman–Crippen LogP) is 14.8. The van der Waals surface area contributed by atoms with Crippen LogP contribution in [0.3, 0.4) is 0 Å². The van der Waals surface area contributed by atoms with Crippen LogP contribution < -0.4 is 16.8 Å². The fraction of sp³-hybridized carbons (Fsp3) is 0.959. The topological polar surface area (TPSA) is 103 Å². The fourth-order valence-corrected chi connectivity index (χ4v) is 7.86. The second-order valence-electron chi connectivity index (χ2n) is 17.2. The first-order chi connectivity index (χ1) is 27.6. The molecule has 7 heteroatoms. The van der Waals surface area contributed by atoms with E-state index in [9.17, 15) is 9.59 Å². The highest BCUT2D eigenvalue weighted by Gasteiger charge is 2.17. The van der Waals surface area contributed by atoms with Gasteiger partial charge in [0.2, 0.25) is 0 Å². The van der Waals surface area contributed by atoms with Crippen LogP contribution in [0.4, 0.5) is 0 Å². The molecule has 4 N–H and O–H groups in total. The number of rotatable bonds is 48. The van der Waals surface area contributed by atoms with Gasteiger partial charge in [0.25, 0.3) is 0 Å². The zero-order valence-corrected chi connectivity index (χ0v) is 37.9. The van der Waals surface area contributed by atoms with Crippen molar-refractivity contribution in [3.63, 3.8) is 0 Å². The Morgan fingerprint density at radius 1 is 0.411 bits per heavy atom. The molecule has 0 bridgehead atoms. The summed E-state index contributed by atoms with van der Waals surface area (Å²) in [5, 5.41) is 0. The van der Waals surface area contributed by atoms with Gasteiger partial charge in [0.1, 0.15) is 12.7 Å². The van der Waals surface area contributed by atoms with Gasteiger partial charge in [-0.1, -0.05) is 239 Å². The predicted molar refractivity (Wildman–Crippen MR) is 241 cm³/mol. The van der Waals surface area contributed by atoms with Crippen molar-refractivity contribution in [2.45, 2.75) is 290 Å². The SMILES string of the molecule is CCCCCCCCCCCC(=O)OCC(CCCCCCCCCCCCCCCCCCCCCCCNNN)OC(=O)CCCCCCCCCCC. The van der Waals surface area contributed by atoms with Crippen LogP contribution in [0.2, 0.25) is 0 Å². The van der Waals surface area contributed by atoms with Crippen LogP contribution in [-0.2, 0) is 19.1 Å². The van der Waals surface area contributed by atoms with Crippen LogP contribution in [0, 0.1) is 0 Å². The molecule has 0 aromatic rings. The van der Waals surface area contributed by atoms with Crippen LogP contribution in [0.5, 0.6) is 0 Å². The molecule has 0 heterocycles. The molecule has 0 radical (unpaired) electrons. The second kappa shape index (κ2) is 48.2. The Balaban J connectivity index is 3.99. The molecule has 0 aromatic carbocycles. The van der Waals surface area contributed by atoms with E-state index in [1.54, 1.807) is 0 Å². The maximum absolute atomic E-state index is 12.7. The molecule has 0 aliphatic heterocycles. The first-order valence-corrected chi connectivity index (χ1v) is 25.2. The zero-order chi connectivity index (χ0) is 40.7. The molecule has 1 atom stereocenters. The van der Waals surface area contributed by atoms with Crippen molar-refractivity contribution >= 4 is 11.9 Å². The monoisotopic (exact) mass is 794 g/mol. The van der Waals surface area contributed by atoms with Crippen molar-refractivity contribution in [3.8, 4) is 0 Å². The maximum Gasteiger partial charge on any atom is 0.306 e. The largest absolute Gasteiger partial charge is 0.462 e. The van der Waals surface area contributed by atoms with E-state index in [1.807, 2.05) is 0 Å². The number of carbonyl (C=O) groups excluding carboxylic acids is 2. The minimum Gasteiger partial charge on any atom is -0.462 e. The van der Waals surface area contributed by atoms with Crippen molar-refractivity contribution in [1.29, 1.82) is 0 Å². The van der Waals surface area contributed by atoms with Crippen molar-refractivity contribution in [2.24, 2.45) is 5.84 Å². The molecule has 0 fully saturated rings. The van der Waals surface area contributed by atoms with E-state index < -0.39 is 0 Å². The second-order valence-corrected chi connectivity index (χ2v) is 17.2. The molecule has 7 nitrogen and oxygen atoms in total. The molecule has 0 aliphatic rings. The molecule has 0 saturated heterocycles. The molecular formula is C49H99N3O4. The van der Waals surface area contributed by atoms with E-state index in [0.29, 0.717) is 12.8 Å². The number of ether oxygens (including phenoxy) is 2. The number of hydrazine groups is 2. The first-order valence-electron chi connectivity index (χ1n) is 25.2. The van der Waals surface area contributed by atoms with Crippen molar-refractivity contribution in [2.75, 3.05) is 13.2 Å². The van der Waals surface area contributed by atoms with E-state index in [4.69, 9.17) is 15.3 Å². The molecule has 0 amide bonds. The number of nitrogens with two attached hydrogens (primary N) is 1. The number of hydrogen-bond acceptors (Lipinski definition) is 7. The van der Waals surface area contributed by atoms with Crippen LogP contribution >= 0.6 is 0 Å². The minimum atomic E-state index is -0.304. The fourth-order valence-electron chi connectivity index (χ4n) is 7.86. The minimum absolute atomic E-state index is 0.119. The van der Waals surface area contributed by atoms with Gasteiger partial charge in [-0.3, -0.25) is 15.4 Å². The number of nitrogens with one attached hydrogen (secondary N) is 2. The highest BCUT2D eigenvalue weighted by molar-refractivity contribution is 5.70. The Labute approximate surface area is 349 Å². The molecule has 0 aliphatic carbocycles. The summed E-state index contributed by atoms with van der Waals surface area (Å²) >= 11 is 0. The molecule has 0 rings (SSSR count). The molecule has 0 saturated carbocycles. The summed E-state index contributed by atoms with van der Waals surface area (Å²) in [4.78, 5) is 25.2. The van der Waals surface area contributed by atoms with Crippen molar-refractivity contribution < 1.29 is 19.1 Å². The van der Waals surface area contributed by atoms with E-state index in [0.717, 1.165) is 51.5 Å². The number of hydrogen-bond donors (Lipinski definition) is 3. The van der Waals surface area contributed by atoms with Crippen LogP contribution in [0.15, 0.2) is 0 Å². The molecule has 1 unspecified atom stereocenters. The summed E-state index contributed by atoms with van der Waals surface area (Å²) in [6.07, 6.45) is 51.8. The van der Waals surface area contributed by atoms with Crippen LogP contribution in [0.25, 0.3) is 0 Å². The van der Waals surface area contributed by atoms with Crippen molar-refractivity contribution in [3.05, 3.63) is 0 Å². The average molecular weight is 794 g/mol. The Bertz CT molecular complexity index is 782. The van der Waals surface area contributed by atoms with Crippen LogP contribution in [-0.4, -0.2) is 31.2 Å². The lowest BCUT2D eigenvalue weighted by Crippen LogP contribution is -2.38. The average Bonchev–Trinajstić information content (AvgIpc) is 3.20. The summed E-state index contributed by atoms with van der Waals surface area (Å²) in [5.41, 5.74) is 5.44.